The molecule has 17 nitrogen and oxygen atoms in total. The number of hydrogen-bond acceptors (Lipinski definition) is 15. The lowest BCUT2D eigenvalue weighted by atomic mass is 10.0. The molecule has 0 aliphatic carbocycles. The van der Waals surface area contributed by atoms with Crippen LogP contribution in [0.4, 0.5) is 0 Å². The summed E-state index contributed by atoms with van der Waals surface area (Å²) in [4.78, 5) is 70.6. The summed E-state index contributed by atoms with van der Waals surface area (Å²) in [5.41, 5.74) is 0. The lowest BCUT2D eigenvalue weighted by Gasteiger charge is -2.21. The quantitative estimate of drug-likeness (QED) is 0.0222. The zero-order chi connectivity index (χ0) is 49.9. The maximum Gasteiger partial charge on any atom is 0.472 e. The van der Waals surface area contributed by atoms with Crippen LogP contribution < -0.4 is 0 Å². The van der Waals surface area contributed by atoms with E-state index >= 15 is 0 Å². The number of rotatable bonds is 49. The van der Waals surface area contributed by atoms with Crippen LogP contribution in [0, 0.1) is 0 Å². The Morgan fingerprint density at radius 2 is 0.597 bits per heavy atom. The number of carbonyl (C=O) groups is 4. The summed E-state index contributed by atoms with van der Waals surface area (Å²) in [6, 6.07) is 0. The summed E-state index contributed by atoms with van der Waals surface area (Å²) in [7, 11) is -9.82. The molecule has 0 aliphatic rings. The number of esters is 4. The van der Waals surface area contributed by atoms with Crippen molar-refractivity contribution in [3.8, 4) is 0 Å². The third-order valence-electron chi connectivity index (χ3n) is 10.9. The van der Waals surface area contributed by atoms with E-state index in [1.54, 1.807) is 0 Å². The fraction of sp³-hybridized carbons (Fsp3) is 0.917. The second-order valence-electron chi connectivity index (χ2n) is 17.5. The Bertz CT molecular complexity index is 1340. The number of unbranched alkanes of at least 4 members (excludes halogenated alkanes) is 23. The van der Waals surface area contributed by atoms with Gasteiger partial charge in [0.1, 0.15) is 19.3 Å². The van der Waals surface area contributed by atoms with E-state index < -0.39 is 97.5 Å². The van der Waals surface area contributed by atoms with Crippen LogP contribution in [-0.4, -0.2) is 96.7 Å². The number of hydrogen-bond donors (Lipinski definition) is 3. The summed E-state index contributed by atoms with van der Waals surface area (Å²) < 4.78 is 66.6. The second-order valence-corrected chi connectivity index (χ2v) is 20.4. The molecule has 67 heavy (non-hydrogen) atoms. The average molecular weight is 1000 g/mol. The van der Waals surface area contributed by atoms with Crippen molar-refractivity contribution >= 4 is 39.5 Å². The molecule has 0 aliphatic heterocycles. The molecule has 3 N–H and O–H groups in total. The van der Waals surface area contributed by atoms with Gasteiger partial charge in [0.25, 0.3) is 0 Å². The summed E-state index contributed by atoms with van der Waals surface area (Å²) in [5, 5.41) is 10.4. The van der Waals surface area contributed by atoms with Crippen molar-refractivity contribution in [3.63, 3.8) is 0 Å². The molecular formula is C48H92O17P2. The first-order valence-corrected chi connectivity index (χ1v) is 28.8. The highest BCUT2D eigenvalue weighted by molar-refractivity contribution is 7.47. The van der Waals surface area contributed by atoms with Gasteiger partial charge in [-0.1, -0.05) is 175 Å². The van der Waals surface area contributed by atoms with Crippen LogP contribution in [0.15, 0.2) is 0 Å². The van der Waals surface area contributed by atoms with E-state index in [2.05, 4.69) is 20.8 Å². The van der Waals surface area contributed by atoms with Gasteiger partial charge in [-0.25, -0.2) is 9.13 Å². The minimum absolute atomic E-state index is 0.0979. The Morgan fingerprint density at radius 1 is 0.358 bits per heavy atom. The normalized spacial score (nSPS) is 14.7. The average Bonchev–Trinajstić information content (AvgIpc) is 3.29. The molecule has 0 radical (unpaired) electrons. The number of phosphoric acid groups is 2. The van der Waals surface area contributed by atoms with Gasteiger partial charge in [-0.3, -0.25) is 37.3 Å². The van der Waals surface area contributed by atoms with Gasteiger partial charge in [-0.15, -0.1) is 0 Å². The second kappa shape index (κ2) is 44.0. The van der Waals surface area contributed by atoms with Crippen molar-refractivity contribution in [2.45, 2.75) is 245 Å². The van der Waals surface area contributed by atoms with Gasteiger partial charge >= 0.3 is 39.5 Å². The van der Waals surface area contributed by atoms with Gasteiger partial charge in [-0.05, 0) is 25.7 Å². The Labute approximate surface area is 403 Å². The molecule has 19 heteroatoms. The molecule has 0 aromatic heterocycles. The molecule has 0 rings (SSSR count). The van der Waals surface area contributed by atoms with E-state index in [1.165, 1.54) is 51.4 Å². The number of phosphoric ester groups is 2. The summed E-state index contributed by atoms with van der Waals surface area (Å²) in [6.07, 6.45) is 23.8. The number of ether oxygens (including phenoxy) is 4. The molecule has 0 aromatic rings. The molecule has 0 aromatic carbocycles. The number of aliphatic hydroxyl groups excluding tert-OH is 1. The standard InChI is InChI=1S/C48H92O17P2/c1-5-9-13-16-18-19-20-21-22-24-26-29-33-46(51)59-39-44(65-48(53)35-31-27-23-17-14-10-6-2)41-63-67(56,57)61-37-42(49)36-60-66(54,55)62-40-43(38-58-45(50)32-28-12-8-4)64-47(52)34-30-25-15-11-7-3/h42-44,49H,5-41H2,1-4H3,(H,54,55)(H,56,57)/t42-,43-,44-/m1/s1. The van der Waals surface area contributed by atoms with Crippen LogP contribution in [-0.2, 0) is 65.4 Å². The smallest absolute Gasteiger partial charge is 0.462 e. The van der Waals surface area contributed by atoms with Gasteiger partial charge in [0.05, 0.1) is 26.4 Å². The molecule has 0 heterocycles. The minimum Gasteiger partial charge on any atom is -0.462 e. The van der Waals surface area contributed by atoms with Crippen molar-refractivity contribution in [1.82, 2.24) is 0 Å². The molecule has 0 saturated heterocycles. The van der Waals surface area contributed by atoms with Crippen molar-refractivity contribution in [1.29, 1.82) is 0 Å². The third kappa shape index (κ3) is 43.8. The molecule has 396 valence electrons. The van der Waals surface area contributed by atoms with Gasteiger partial charge < -0.3 is 33.8 Å². The Hall–Kier alpha value is -1.94. The molecule has 0 amide bonds. The van der Waals surface area contributed by atoms with Crippen LogP contribution in [0.2, 0.25) is 0 Å². The molecule has 0 spiro atoms. The molecule has 0 fully saturated rings. The topological polar surface area (TPSA) is 237 Å². The first-order chi connectivity index (χ1) is 32.2. The predicted octanol–water partition coefficient (Wildman–Crippen LogP) is 11.7. The van der Waals surface area contributed by atoms with Crippen molar-refractivity contribution in [2.24, 2.45) is 0 Å². The van der Waals surface area contributed by atoms with Crippen molar-refractivity contribution in [3.05, 3.63) is 0 Å². The Kier molecular flexibility index (Phi) is 42.8. The zero-order valence-electron chi connectivity index (χ0n) is 41.8. The van der Waals surface area contributed by atoms with Crippen LogP contribution >= 0.6 is 15.6 Å². The first-order valence-electron chi connectivity index (χ1n) is 25.8. The van der Waals surface area contributed by atoms with Gasteiger partial charge in [0, 0.05) is 25.7 Å². The first kappa shape index (κ1) is 65.1. The van der Waals surface area contributed by atoms with E-state index in [9.17, 15) is 43.2 Å². The van der Waals surface area contributed by atoms with Gasteiger partial charge in [-0.2, -0.15) is 0 Å². The lowest BCUT2D eigenvalue weighted by molar-refractivity contribution is -0.161. The highest BCUT2D eigenvalue weighted by atomic mass is 31.2. The largest absolute Gasteiger partial charge is 0.472 e. The molecule has 5 atom stereocenters. The SMILES string of the molecule is CCCCCCCCCCCCCCC(=O)OC[C@H](COP(=O)(O)OC[C@H](O)COP(=O)(O)OC[C@@H](COC(=O)CCCCC)OC(=O)CCCCCCC)OC(=O)CCCCCCCCC. The van der Waals surface area contributed by atoms with Crippen LogP contribution in [0.25, 0.3) is 0 Å². The Morgan fingerprint density at radius 3 is 0.910 bits per heavy atom. The predicted molar refractivity (Wildman–Crippen MR) is 257 cm³/mol. The van der Waals surface area contributed by atoms with Crippen LogP contribution in [0.3, 0.4) is 0 Å². The fourth-order valence-corrected chi connectivity index (χ4v) is 8.38. The van der Waals surface area contributed by atoms with Crippen molar-refractivity contribution < 1.29 is 80.2 Å². The monoisotopic (exact) mass is 1000 g/mol. The molecule has 0 saturated carbocycles. The maximum absolute atomic E-state index is 12.8. The number of aliphatic hydroxyl groups is 1. The fourth-order valence-electron chi connectivity index (χ4n) is 6.80. The van der Waals surface area contributed by atoms with Gasteiger partial charge in [0.15, 0.2) is 12.2 Å². The summed E-state index contributed by atoms with van der Waals surface area (Å²) in [5.74, 6) is -2.20. The molecular weight excluding hydrogens is 910 g/mol. The van der Waals surface area contributed by atoms with E-state index in [0.717, 1.165) is 96.3 Å². The number of carbonyl (C=O) groups excluding carboxylic acids is 4. The molecule has 2 unspecified atom stereocenters. The Balaban J connectivity index is 5.06. The highest BCUT2D eigenvalue weighted by Gasteiger charge is 2.30. The van der Waals surface area contributed by atoms with Crippen LogP contribution in [0.1, 0.15) is 227 Å². The third-order valence-corrected chi connectivity index (χ3v) is 12.8. The van der Waals surface area contributed by atoms with E-state index in [1.807, 2.05) is 6.92 Å². The van der Waals surface area contributed by atoms with Gasteiger partial charge in [0.2, 0.25) is 0 Å². The summed E-state index contributed by atoms with van der Waals surface area (Å²) in [6.45, 7) is 4.45. The van der Waals surface area contributed by atoms with Crippen molar-refractivity contribution in [2.75, 3.05) is 39.6 Å². The van der Waals surface area contributed by atoms with Crippen LogP contribution in [0.5, 0.6) is 0 Å². The minimum atomic E-state index is -4.92. The van der Waals surface area contributed by atoms with E-state index in [4.69, 9.17) is 37.0 Å². The highest BCUT2D eigenvalue weighted by Crippen LogP contribution is 2.45. The summed E-state index contributed by atoms with van der Waals surface area (Å²) >= 11 is 0. The maximum atomic E-state index is 12.8. The van der Waals surface area contributed by atoms with E-state index in [0.29, 0.717) is 25.7 Å². The molecule has 0 bridgehead atoms. The van der Waals surface area contributed by atoms with E-state index in [-0.39, 0.29) is 25.7 Å². The lowest BCUT2D eigenvalue weighted by Crippen LogP contribution is -2.30. The zero-order valence-corrected chi connectivity index (χ0v) is 43.6.